The van der Waals surface area contributed by atoms with E-state index >= 15 is 0 Å². The molecule has 0 spiro atoms. The third-order valence-corrected chi connectivity index (χ3v) is 1.89. The standard InChI is InChI=1S/C7H15NO.ClH/c1-6-5-7(8-2)3-4-9-6;/h6-8H,3-5H2,1-2H3;1H/t6-,7+;/m0./s1. The summed E-state index contributed by atoms with van der Waals surface area (Å²) in [6, 6.07) is 0.689. The Morgan fingerprint density at radius 3 is 2.60 bits per heavy atom. The molecule has 62 valence electrons. The lowest BCUT2D eigenvalue weighted by Crippen LogP contribution is -2.35. The van der Waals surface area contributed by atoms with Gasteiger partial charge >= 0.3 is 0 Å². The van der Waals surface area contributed by atoms with Crippen LogP contribution >= 0.6 is 12.4 Å². The number of hydrogen-bond donors (Lipinski definition) is 1. The lowest BCUT2D eigenvalue weighted by atomic mass is 10.1. The third-order valence-electron chi connectivity index (χ3n) is 1.89. The SMILES string of the molecule is CN[C@@H]1CCO[C@@H](C)C1.Cl. The smallest absolute Gasteiger partial charge is 0.0561 e. The lowest BCUT2D eigenvalue weighted by Gasteiger charge is -2.26. The maximum absolute atomic E-state index is 5.37. The van der Waals surface area contributed by atoms with Gasteiger partial charge in [0.15, 0.2) is 0 Å². The van der Waals surface area contributed by atoms with Crippen LogP contribution in [0.3, 0.4) is 0 Å². The van der Waals surface area contributed by atoms with Gasteiger partial charge in [-0.1, -0.05) is 0 Å². The Balaban J connectivity index is 0.000000810. The molecule has 1 aliphatic heterocycles. The molecule has 0 radical (unpaired) electrons. The van der Waals surface area contributed by atoms with E-state index in [4.69, 9.17) is 4.74 Å². The Kier molecular flexibility index (Phi) is 5.04. The summed E-state index contributed by atoms with van der Waals surface area (Å²) in [5, 5.41) is 3.25. The molecule has 2 nitrogen and oxygen atoms in total. The Bertz CT molecular complexity index is 89.7. The minimum absolute atomic E-state index is 0. The van der Waals surface area contributed by atoms with Crippen molar-refractivity contribution in [3.8, 4) is 0 Å². The third kappa shape index (κ3) is 2.86. The van der Waals surface area contributed by atoms with Crippen LogP contribution in [0.2, 0.25) is 0 Å². The molecule has 1 heterocycles. The molecule has 1 aliphatic rings. The lowest BCUT2D eigenvalue weighted by molar-refractivity contribution is 0.0147. The summed E-state index contributed by atoms with van der Waals surface area (Å²) in [7, 11) is 2.02. The molecular weight excluding hydrogens is 150 g/mol. The Labute approximate surface area is 68.7 Å². The molecule has 0 aromatic heterocycles. The maximum Gasteiger partial charge on any atom is 0.0561 e. The average Bonchev–Trinajstić information content (AvgIpc) is 1.88. The number of ether oxygens (including phenoxy) is 1. The first-order chi connectivity index (χ1) is 4.33. The predicted octanol–water partition coefficient (Wildman–Crippen LogP) is 1.20. The maximum atomic E-state index is 5.37. The number of nitrogens with one attached hydrogen (secondary N) is 1. The van der Waals surface area contributed by atoms with E-state index in [1.54, 1.807) is 0 Å². The molecule has 0 unspecified atom stereocenters. The monoisotopic (exact) mass is 165 g/mol. The van der Waals surface area contributed by atoms with Crippen molar-refractivity contribution in [1.82, 2.24) is 5.32 Å². The van der Waals surface area contributed by atoms with Crippen molar-refractivity contribution in [3.63, 3.8) is 0 Å². The summed E-state index contributed by atoms with van der Waals surface area (Å²) in [5.74, 6) is 0. The van der Waals surface area contributed by atoms with Crippen LogP contribution in [0.5, 0.6) is 0 Å². The fourth-order valence-corrected chi connectivity index (χ4v) is 1.26. The van der Waals surface area contributed by atoms with E-state index in [-0.39, 0.29) is 12.4 Å². The van der Waals surface area contributed by atoms with Crippen LogP contribution in [0, 0.1) is 0 Å². The number of rotatable bonds is 1. The van der Waals surface area contributed by atoms with Crippen molar-refractivity contribution in [2.45, 2.75) is 31.9 Å². The zero-order valence-corrected chi connectivity index (χ0v) is 7.41. The molecule has 0 saturated carbocycles. The minimum atomic E-state index is 0. The summed E-state index contributed by atoms with van der Waals surface area (Å²) in [4.78, 5) is 0. The van der Waals surface area contributed by atoms with Gasteiger partial charge in [-0.25, -0.2) is 0 Å². The van der Waals surface area contributed by atoms with E-state index in [9.17, 15) is 0 Å². The highest BCUT2D eigenvalue weighted by Crippen LogP contribution is 2.11. The highest BCUT2D eigenvalue weighted by Gasteiger charge is 2.16. The molecule has 1 fully saturated rings. The topological polar surface area (TPSA) is 21.3 Å². The molecule has 10 heavy (non-hydrogen) atoms. The van der Waals surface area contributed by atoms with Crippen molar-refractivity contribution in [2.75, 3.05) is 13.7 Å². The van der Waals surface area contributed by atoms with Gasteiger partial charge in [0.1, 0.15) is 0 Å². The second-order valence-electron chi connectivity index (χ2n) is 2.69. The van der Waals surface area contributed by atoms with Crippen molar-refractivity contribution >= 4 is 12.4 Å². The first-order valence-electron chi connectivity index (χ1n) is 3.62. The molecule has 1 N–H and O–H groups in total. The first kappa shape index (κ1) is 10.2. The highest BCUT2D eigenvalue weighted by atomic mass is 35.5. The first-order valence-corrected chi connectivity index (χ1v) is 3.62. The Morgan fingerprint density at radius 2 is 2.20 bits per heavy atom. The molecule has 2 atom stereocenters. The number of halogens is 1. The van der Waals surface area contributed by atoms with E-state index in [2.05, 4.69) is 12.2 Å². The molecule has 0 bridgehead atoms. The van der Waals surface area contributed by atoms with Crippen LogP contribution in [0.4, 0.5) is 0 Å². The molecule has 0 amide bonds. The summed E-state index contributed by atoms with van der Waals surface area (Å²) in [5.41, 5.74) is 0. The van der Waals surface area contributed by atoms with Crippen molar-refractivity contribution in [3.05, 3.63) is 0 Å². The molecule has 1 saturated heterocycles. The van der Waals surface area contributed by atoms with Gasteiger partial charge in [0, 0.05) is 12.6 Å². The van der Waals surface area contributed by atoms with E-state index in [1.165, 1.54) is 6.42 Å². The number of hydrogen-bond acceptors (Lipinski definition) is 2. The Hall–Kier alpha value is 0.210. The van der Waals surface area contributed by atoms with Gasteiger partial charge in [-0.3, -0.25) is 0 Å². The molecule has 0 aliphatic carbocycles. The summed E-state index contributed by atoms with van der Waals surface area (Å²) in [6.07, 6.45) is 2.79. The van der Waals surface area contributed by atoms with Gasteiger partial charge in [0.2, 0.25) is 0 Å². The summed E-state index contributed by atoms with van der Waals surface area (Å²) >= 11 is 0. The molecule has 1 rings (SSSR count). The van der Waals surface area contributed by atoms with Crippen molar-refractivity contribution in [2.24, 2.45) is 0 Å². The fraction of sp³-hybridized carbons (Fsp3) is 1.00. The van der Waals surface area contributed by atoms with Gasteiger partial charge in [0.25, 0.3) is 0 Å². The van der Waals surface area contributed by atoms with E-state index < -0.39 is 0 Å². The molecule has 0 aromatic rings. The second kappa shape index (κ2) is 4.94. The predicted molar refractivity (Wildman–Crippen MR) is 44.7 cm³/mol. The molecule has 0 aromatic carbocycles. The zero-order chi connectivity index (χ0) is 6.69. The van der Waals surface area contributed by atoms with Crippen LogP contribution in [-0.2, 0) is 4.74 Å². The highest BCUT2D eigenvalue weighted by molar-refractivity contribution is 5.85. The minimum Gasteiger partial charge on any atom is -0.378 e. The van der Waals surface area contributed by atoms with Gasteiger partial charge in [0.05, 0.1) is 6.10 Å². The van der Waals surface area contributed by atoms with Crippen LogP contribution in [0.25, 0.3) is 0 Å². The normalized spacial score (nSPS) is 33.0. The molecule has 3 heteroatoms. The largest absolute Gasteiger partial charge is 0.378 e. The van der Waals surface area contributed by atoms with Crippen LogP contribution in [0.1, 0.15) is 19.8 Å². The average molecular weight is 166 g/mol. The second-order valence-corrected chi connectivity index (χ2v) is 2.69. The van der Waals surface area contributed by atoms with Gasteiger partial charge < -0.3 is 10.1 Å². The van der Waals surface area contributed by atoms with Crippen LogP contribution < -0.4 is 5.32 Å². The fourth-order valence-electron chi connectivity index (χ4n) is 1.26. The van der Waals surface area contributed by atoms with E-state index in [0.717, 1.165) is 13.0 Å². The van der Waals surface area contributed by atoms with Crippen LogP contribution in [0.15, 0.2) is 0 Å². The summed E-state index contributed by atoms with van der Waals surface area (Å²) < 4.78 is 5.37. The van der Waals surface area contributed by atoms with Gasteiger partial charge in [-0.2, -0.15) is 0 Å². The summed E-state index contributed by atoms with van der Waals surface area (Å²) in [6.45, 7) is 3.05. The van der Waals surface area contributed by atoms with Crippen molar-refractivity contribution < 1.29 is 4.74 Å². The van der Waals surface area contributed by atoms with Gasteiger partial charge in [-0.15, -0.1) is 12.4 Å². The quantitative estimate of drug-likeness (QED) is 0.631. The van der Waals surface area contributed by atoms with Crippen LogP contribution in [-0.4, -0.2) is 25.8 Å². The molecular formula is C7H16ClNO. The van der Waals surface area contributed by atoms with E-state index in [1.807, 2.05) is 7.05 Å². The van der Waals surface area contributed by atoms with Gasteiger partial charge in [-0.05, 0) is 26.8 Å². The zero-order valence-electron chi connectivity index (χ0n) is 6.59. The Morgan fingerprint density at radius 1 is 1.50 bits per heavy atom. The van der Waals surface area contributed by atoms with E-state index in [0.29, 0.717) is 12.1 Å². The van der Waals surface area contributed by atoms with Crippen molar-refractivity contribution in [1.29, 1.82) is 0 Å².